The number of carbonyl (C=O) groups is 1. The van der Waals surface area contributed by atoms with Crippen molar-refractivity contribution in [2.45, 2.75) is 58.5 Å². The fourth-order valence-electron chi connectivity index (χ4n) is 5.40. The van der Waals surface area contributed by atoms with E-state index in [4.69, 9.17) is 9.05 Å². The second-order valence-corrected chi connectivity index (χ2v) is 12.2. The molecule has 1 aliphatic heterocycles. The zero-order valence-corrected chi connectivity index (χ0v) is 24.1. The number of rotatable bonds is 11. The van der Waals surface area contributed by atoms with E-state index in [1.807, 2.05) is 42.5 Å². The van der Waals surface area contributed by atoms with Gasteiger partial charge in [0.2, 0.25) is 0 Å². The zero-order valence-electron chi connectivity index (χ0n) is 23.2. The summed E-state index contributed by atoms with van der Waals surface area (Å²) in [6.45, 7) is 4.90. The molecule has 0 bridgehead atoms. The average Bonchev–Trinajstić information content (AvgIpc) is 3.31. The van der Waals surface area contributed by atoms with E-state index in [0.29, 0.717) is 33.9 Å². The van der Waals surface area contributed by atoms with Crippen LogP contribution in [0.25, 0.3) is 11.3 Å². The molecule has 8 heteroatoms. The van der Waals surface area contributed by atoms with Gasteiger partial charge in [-0.25, -0.2) is 0 Å². The molecule has 0 aromatic heterocycles. The Morgan fingerprint density at radius 3 is 2.30 bits per heavy atom. The van der Waals surface area contributed by atoms with Crippen LogP contribution in [0.3, 0.4) is 0 Å². The standard InChI is InChI=1S/C32H38N3O4P/c1-3-38-40(37,39-4-2)27-19-20-29-28(21-27)30(32(36)35-29)31(24-11-7-5-8-12-24)34-26-17-15-23(16-18-26)22-33-25-13-9-6-10-14-25/h5,7-8,11-12,15-21,25,33-34H,3-4,6,9-10,13-14,22H2,1-2H3,(H,35,36)/b31-30-. The Morgan fingerprint density at radius 1 is 0.925 bits per heavy atom. The van der Waals surface area contributed by atoms with Crippen LogP contribution in [0.4, 0.5) is 11.4 Å². The highest BCUT2D eigenvalue weighted by Gasteiger charge is 2.33. The van der Waals surface area contributed by atoms with Gasteiger partial charge in [-0.3, -0.25) is 9.36 Å². The first kappa shape index (κ1) is 28.3. The largest absolute Gasteiger partial charge is 0.361 e. The van der Waals surface area contributed by atoms with Crippen LogP contribution in [-0.2, 0) is 25.0 Å². The molecule has 0 saturated heterocycles. The molecule has 0 unspecified atom stereocenters. The first-order valence-electron chi connectivity index (χ1n) is 14.2. The number of benzene rings is 3. The van der Waals surface area contributed by atoms with Crippen molar-refractivity contribution in [3.63, 3.8) is 0 Å². The van der Waals surface area contributed by atoms with Crippen molar-refractivity contribution < 1.29 is 18.4 Å². The molecule has 3 N–H and O–H groups in total. The molecule has 1 saturated carbocycles. The summed E-state index contributed by atoms with van der Waals surface area (Å²) in [7, 11) is -3.53. The van der Waals surface area contributed by atoms with Gasteiger partial charge >= 0.3 is 7.60 Å². The molecule has 40 heavy (non-hydrogen) atoms. The third-order valence-electron chi connectivity index (χ3n) is 7.40. The van der Waals surface area contributed by atoms with Gasteiger partial charge in [-0.1, -0.05) is 61.7 Å². The molecular formula is C32H38N3O4P. The summed E-state index contributed by atoms with van der Waals surface area (Å²) in [5.41, 5.74) is 5.42. The predicted molar refractivity (Wildman–Crippen MR) is 163 cm³/mol. The van der Waals surface area contributed by atoms with Crippen LogP contribution in [0.1, 0.15) is 62.6 Å². The third-order valence-corrected chi connectivity index (χ3v) is 9.50. The van der Waals surface area contributed by atoms with Gasteiger partial charge in [0, 0.05) is 29.5 Å². The molecule has 1 aliphatic carbocycles. The molecule has 1 amide bonds. The summed E-state index contributed by atoms with van der Waals surface area (Å²) in [5.74, 6) is -0.227. The second-order valence-electron chi connectivity index (χ2n) is 10.2. The lowest BCUT2D eigenvalue weighted by Gasteiger charge is -2.23. The van der Waals surface area contributed by atoms with E-state index in [1.54, 1.807) is 32.0 Å². The van der Waals surface area contributed by atoms with Crippen molar-refractivity contribution in [1.29, 1.82) is 0 Å². The SMILES string of the molecule is CCOP(=O)(OCC)c1ccc2c(c1)/C(=C(/Nc1ccc(CNC3CCCCC3)cc1)c1ccccc1)C(=O)N2. The Labute approximate surface area is 236 Å². The van der Waals surface area contributed by atoms with Gasteiger partial charge in [0.1, 0.15) is 0 Å². The monoisotopic (exact) mass is 559 g/mol. The van der Waals surface area contributed by atoms with E-state index in [-0.39, 0.29) is 19.1 Å². The number of nitrogens with one attached hydrogen (secondary N) is 3. The Hall–Kier alpha value is -3.22. The number of anilines is 2. The number of fused-ring (bicyclic) bond motifs is 1. The quantitative estimate of drug-likeness (QED) is 0.174. The van der Waals surface area contributed by atoms with E-state index >= 15 is 0 Å². The van der Waals surface area contributed by atoms with Crippen molar-refractivity contribution in [1.82, 2.24) is 5.32 Å². The van der Waals surface area contributed by atoms with Crippen LogP contribution < -0.4 is 21.3 Å². The Morgan fingerprint density at radius 2 is 1.62 bits per heavy atom. The van der Waals surface area contributed by atoms with Crippen molar-refractivity contribution in [3.8, 4) is 0 Å². The molecule has 3 aromatic carbocycles. The number of hydrogen-bond acceptors (Lipinski definition) is 6. The second kappa shape index (κ2) is 13.0. The molecule has 210 valence electrons. The minimum atomic E-state index is -3.53. The number of amides is 1. The minimum Gasteiger partial charge on any atom is -0.354 e. The Balaban J connectivity index is 1.48. The number of hydrogen-bond donors (Lipinski definition) is 3. The molecule has 0 radical (unpaired) electrons. The summed E-state index contributed by atoms with van der Waals surface area (Å²) in [4.78, 5) is 13.4. The molecule has 1 heterocycles. The number of carbonyl (C=O) groups excluding carboxylic acids is 1. The Bertz CT molecular complexity index is 1390. The molecule has 7 nitrogen and oxygen atoms in total. The smallest absolute Gasteiger partial charge is 0.354 e. The fraction of sp³-hybridized carbons (Fsp3) is 0.344. The van der Waals surface area contributed by atoms with Gasteiger partial charge in [0.05, 0.1) is 29.8 Å². The molecule has 0 atom stereocenters. The van der Waals surface area contributed by atoms with E-state index in [0.717, 1.165) is 17.8 Å². The summed E-state index contributed by atoms with van der Waals surface area (Å²) in [6, 6.07) is 23.9. The highest BCUT2D eigenvalue weighted by atomic mass is 31.2. The lowest BCUT2D eigenvalue weighted by atomic mass is 9.95. The van der Waals surface area contributed by atoms with E-state index in [1.165, 1.54) is 37.7 Å². The molecule has 2 aliphatic rings. The maximum atomic E-state index is 13.5. The van der Waals surface area contributed by atoms with Crippen LogP contribution in [0.5, 0.6) is 0 Å². The van der Waals surface area contributed by atoms with Gasteiger partial charge in [0.15, 0.2) is 0 Å². The van der Waals surface area contributed by atoms with Crippen LogP contribution in [0.2, 0.25) is 0 Å². The fourth-order valence-corrected chi connectivity index (χ4v) is 7.00. The molecule has 3 aromatic rings. The van der Waals surface area contributed by atoms with E-state index in [2.05, 4.69) is 28.1 Å². The summed E-state index contributed by atoms with van der Waals surface area (Å²) < 4.78 is 24.7. The van der Waals surface area contributed by atoms with E-state index < -0.39 is 7.60 Å². The topological polar surface area (TPSA) is 88.7 Å². The van der Waals surface area contributed by atoms with Gasteiger partial charge in [-0.2, -0.15) is 0 Å². The maximum Gasteiger partial charge on any atom is 0.361 e. The first-order valence-corrected chi connectivity index (χ1v) is 15.8. The van der Waals surface area contributed by atoms with Gasteiger partial charge in [-0.15, -0.1) is 0 Å². The van der Waals surface area contributed by atoms with Crippen molar-refractivity contribution in [2.75, 3.05) is 23.8 Å². The van der Waals surface area contributed by atoms with Crippen molar-refractivity contribution >= 4 is 41.5 Å². The zero-order chi connectivity index (χ0) is 28.0. The lowest BCUT2D eigenvalue weighted by molar-refractivity contribution is -0.110. The summed E-state index contributed by atoms with van der Waals surface area (Å²) in [6.07, 6.45) is 6.47. The van der Waals surface area contributed by atoms with Gasteiger partial charge < -0.3 is 25.0 Å². The van der Waals surface area contributed by atoms with Crippen molar-refractivity contribution in [3.05, 3.63) is 89.5 Å². The van der Waals surface area contributed by atoms with Crippen molar-refractivity contribution in [2.24, 2.45) is 0 Å². The van der Waals surface area contributed by atoms with Crippen LogP contribution in [0.15, 0.2) is 72.8 Å². The summed E-state index contributed by atoms with van der Waals surface area (Å²) >= 11 is 0. The molecule has 5 rings (SSSR count). The van der Waals surface area contributed by atoms with Gasteiger partial charge in [0.25, 0.3) is 5.91 Å². The Kier molecular flexibility index (Phi) is 9.18. The molecule has 0 spiro atoms. The summed E-state index contributed by atoms with van der Waals surface area (Å²) in [5, 5.41) is 10.6. The minimum absolute atomic E-state index is 0.227. The van der Waals surface area contributed by atoms with E-state index in [9.17, 15) is 9.36 Å². The predicted octanol–water partition coefficient (Wildman–Crippen LogP) is 6.93. The lowest BCUT2D eigenvalue weighted by Crippen LogP contribution is -2.30. The highest BCUT2D eigenvalue weighted by Crippen LogP contribution is 2.48. The normalized spacial score (nSPS) is 16.9. The first-order chi connectivity index (χ1) is 19.5. The molecule has 1 fully saturated rings. The average molecular weight is 560 g/mol. The third kappa shape index (κ3) is 6.39. The van der Waals surface area contributed by atoms with Crippen LogP contribution in [0, 0.1) is 0 Å². The maximum absolute atomic E-state index is 13.5. The highest BCUT2D eigenvalue weighted by molar-refractivity contribution is 7.62. The van der Waals surface area contributed by atoms with Crippen LogP contribution in [-0.4, -0.2) is 25.2 Å². The van der Waals surface area contributed by atoms with Gasteiger partial charge in [-0.05, 0) is 68.1 Å². The molecular weight excluding hydrogens is 521 g/mol. The van der Waals surface area contributed by atoms with Crippen LogP contribution >= 0.6 is 7.60 Å².